The summed E-state index contributed by atoms with van der Waals surface area (Å²) < 4.78 is 5.51. The Bertz CT molecular complexity index is 537. The molecule has 1 rings (SSSR count). The standard InChI is InChI=1S/C21H41N5O3/c1-7-12-26(20(28)29-21(3,4)5)15-11-24-19(23-8-2)25-13-9-17(10-14-25)16-18(27)22-6/h17H,7-16H2,1-6H3,(H,22,27)(H,23,24). The van der Waals surface area contributed by atoms with Crippen molar-refractivity contribution in [2.45, 2.75) is 65.9 Å². The fraction of sp³-hybridized carbons (Fsp3) is 0.857. The SMILES string of the molecule is CCCN(CCN=C(NCC)N1CCC(CC(=O)NC)CC1)C(=O)OC(C)(C)C. The van der Waals surface area contributed by atoms with E-state index in [1.165, 1.54) is 0 Å². The second-order valence-corrected chi connectivity index (χ2v) is 8.51. The number of rotatable bonds is 8. The minimum absolute atomic E-state index is 0.113. The summed E-state index contributed by atoms with van der Waals surface area (Å²) in [5, 5.41) is 6.06. The van der Waals surface area contributed by atoms with Gasteiger partial charge in [0.1, 0.15) is 5.60 Å². The molecule has 0 aromatic rings. The van der Waals surface area contributed by atoms with Crippen molar-refractivity contribution in [3.05, 3.63) is 0 Å². The Balaban J connectivity index is 2.62. The molecule has 1 aliphatic rings. The number of nitrogens with zero attached hydrogens (tertiary/aromatic N) is 3. The van der Waals surface area contributed by atoms with Crippen LogP contribution in [0.25, 0.3) is 0 Å². The number of guanidine groups is 1. The summed E-state index contributed by atoms with van der Waals surface area (Å²) in [6.45, 7) is 14.0. The molecule has 1 fully saturated rings. The molecule has 29 heavy (non-hydrogen) atoms. The molecule has 0 bridgehead atoms. The van der Waals surface area contributed by atoms with E-state index in [0.29, 0.717) is 32.0 Å². The van der Waals surface area contributed by atoms with E-state index in [9.17, 15) is 9.59 Å². The first-order valence-electron chi connectivity index (χ1n) is 10.9. The lowest BCUT2D eigenvalue weighted by molar-refractivity contribution is -0.121. The Hall–Kier alpha value is -1.99. The van der Waals surface area contributed by atoms with E-state index in [1.807, 2.05) is 27.7 Å². The zero-order chi connectivity index (χ0) is 21.9. The third kappa shape index (κ3) is 9.85. The van der Waals surface area contributed by atoms with Gasteiger partial charge < -0.3 is 25.2 Å². The molecular weight excluding hydrogens is 370 g/mol. The molecule has 0 unspecified atom stereocenters. The number of carbonyl (C=O) groups excluding carboxylic acids is 2. The van der Waals surface area contributed by atoms with Crippen molar-refractivity contribution in [3.8, 4) is 0 Å². The Kier molecular flexibility index (Phi) is 10.8. The zero-order valence-electron chi connectivity index (χ0n) is 19.2. The average Bonchev–Trinajstić information content (AvgIpc) is 2.65. The predicted molar refractivity (Wildman–Crippen MR) is 117 cm³/mol. The van der Waals surface area contributed by atoms with Crippen LogP contribution in [0.3, 0.4) is 0 Å². The monoisotopic (exact) mass is 411 g/mol. The maximum atomic E-state index is 12.4. The van der Waals surface area contributed by atoms with Gasteiger partial charge in [0.25, 0.3) is 0 Å². The van der Waals surface area contributed by atoms with Gasteiger partial charge >= 0.3 is 6.09 Å². The van der Waals surface area contributed by atoms with E-state index in [0.717, 1.165) is 44.9 Å². The molecule has 0 aliphatic carbocycles. The average molecular weight is 412 g/mol. The molecule has 8 nitrogen and oxygen atoms in total. The van der Waals surface area contributed by atoms with Crippen LogP contribution >= 0.6 is 0 Å². The molecule has 2 N–H and O–H groups in total. The van der Waals surface area contributed by atoms with Crippen LogP contribution in [0.15, 0.2) is 4.99 Å². The van der Waals surface area contributed by atoms with Crippen LogP contribution in [0.1, 0.15) is 60.3 Å². The molecule has 0 aromatic heterocycles. The van der Waals surface area contributed by atoms with E-state index >= 15 is 0 Å². The van der Waals surface area contributed by atoms with Crippen molar-refractivity contribution in [1.29, 1.82) is 0 Å². The molecule has 2 amide bonds. The summed E-state index contributed by atoms with van der Waals surface area (Å²) in [5.41, 5.74) is -0.500. The van der Waals surface area contributed by atoms with E-state index in [1.54, 1.807) is 11.9 Å². The van der Waals surface area contributed by atoms with Crippen molar-refractivity contribution >= 4 is 18.0 Å². The van der Waals surface area contributed by atoms with Crippen LogP contribution in [0.5, 0.6) is 0 Å². The lowest BCUT2D eigenvalue weighted by Crippen LogP contribution is -2.46. The molecule has 8 heteroatoms. The summed E-state index contributed by atoms with van der Waals surface area (Å²) in [5.74, 6) is 1.43. The minimum Gasteiger partial charge on any atom is -0.444 e. The molecule has 1 heterocycles. The molecule has 168 valence electrons. The van der Waals surface area contributed by atoms with Gasteiger partial charge in [0, 0.05) is 46.2 Å². The Morgan fingerprint density at radius 3 is 2.34 bits per heavy atom. The highest BCUT2D eigenvalue weighted by atomic mass is 16.6. The van der Waals surface area contributed by atoms with Crippen LogP contribution in [0.2, 0.25) is 0 Å². The quantitative estimate of drug-likeness (QED) is 0.473. The Morgan fingerprint density at radius 1 is 1.17 bits per heavy atom. The maximum Gasteiger partial charge on any atom is 0.410 e. The van der Waals surface area contributed by atoms with Gasteiger partial charge in [-0.2, -0.15) is 0 Å². The molecule has 0 spiro atoms. The number of hydrogen-bond donors (Lipinski definition) is 2. The van der Waals surface area contributed by atoms with Gasteiger partial charge in [-0.25, -0.2) is 4.79 Å². The highest BCUT2D eigenvalue weighted by molar-refractivity contribution is 5.80. The van der Waals surface area contributed by atoms with Gasteiger partial charge in [-0.15, -0.1) is 0 Å². The van der Waals surface area contributed by atoms with Gasteiger partial charge in [-0.1, -0.05) is 6.92 Å². The van der Waals surface area contributed by atoms with Crippen molar-refractivity contribution in [1.82, 2.24) is 20.4 Å². The third-order valence-electron chi connectivity index (χ3n) is 4.78. The van der Waals surface area contributed by atoms with Gasteiger partial charge in [-0.05, 0) is 52.9 Å². The van der Waals surface area contributed by atoms with E-state index < -0.39 is 5.60 Å². The summed E-state index contributed by atoms with van der Waals surface area (Å²) in [4.78, 5) is 32.7. The smallest absolute Gasteiger partial charge is 0.410 e. The van der Waals surface area contributed by atoms with Crippen molar-refractivity contribution < 1.29 is 14.3 Å². The third-order valence-corrected chi connectivity index (χ3v) is 4.78. The topological polar surface area (TPSA) is 86.3 Å². The molecule has 0 saturated carbocycles. The van der Waals surface area contributed by atoms with Crippen LogP contribution in [0, 0.1) is 5.92 Å². The largest absolute Gasteiger partial charge is 0.444 e. The number of carbonyl (C=O) groups is 2. The fourth-order valence-electron chi connectivity index (χ4n) is 3.31. The highest BCUT2D eigenvalue weighted by Gasteiger charge is 2.24. The van der Waals surface area contributed by atoms with E-state index in [2.05, 4.69) is 22.5 Å². The second-order valence-electron chi connectivity index (χ2n) is 8.51. The molecule has 0 aromatic carbocycles. The molecule has 0 atom stereocenters. The summed E-state index contributed by atoms with van der Waals surface area (Å²) in [6, 6.07) is 0. The summed E-state index contributed by atoms with van der Waals surface area (Å²) >= 11 is 0. The fourth-order valence-corrected chi connectivity index (χ4v) is 3.31. The van der Waals surface area contributed by atoms with Gasteiger partial charge in [0.15, 0.2) is 5.96 Å². The van der Waals surface area contributed by atoms with E-state index in [-0.39, 0.29) is 12.0 Å². The first kappa shape index (κ1) is 25.0. The Labute approximate surface area is 176 Å². The normalized spacial score (nSPS) is 15.8. The number of nitrogens with one attached hydrogen (secondary N) is 2. The first-order chi connectivity index (χ1) is 13.7. The molecule has 1 saturated heterocycles. The molecular formula is C21H41N5O3. The van der Waals surface area contributed by atoms with Gasteiger partial charge in [0.05, 0.1) is 6.54 Å². The van der Waals surface area contributed by atoms with Crippen LogP contribution in [-0.2, 0) is 9.53 Å². The Morgan fingerprint density at radius 2 is 1.83 bits per heavy atom. The number of likely N-dealkylation sites (tertiary alicyclic amines) is 1. The number of ether oxygens (including phenoxy) is 1. The highest BCUT2D eigenvalue weighted by Crippen LogP contribution is 2.20. The molecule has 0 radical (unpaired) electrons. The van der Waals surface area contributed by atoms with Crippen molar-refractivity contribution in [2.75, 3.05) is 46.3 Å². The predicted octanol–water partition coefficient (Wildman–Crippen LogP) is 2.45. The lowest BCUT2D eigenvalue weighted by atomic mass is 9.93. The lowest BCUT2D eigenvalue weighted by Gasteiger charge is -2.34. The van der Waals surface area contributed by atoms with Crippen LogP contribution < -0.4 is 10.6 Å². The summed E-state index contributed by atoms with van der Waals surface area (Å²) in [7, 11) is 1.69. The van der Waals surface area contributed by atoms with Gasteiger partial charge in [0.2, 0.25) is 5.91 Å². The van der Waals surface area contributed by atoms with Gasteiger partial charge in [-0.3, -0.25) is 9.79 Å². The second kappa shape index (κ2) is 12.5. The van der Waals surface area contributed by atoms with Crippen molar-refractivity contribution in [2.24, 2.45) is 10.9 Å². The van der Waals surface area contributed by atoms with Crippen LogP contribution in [0.4, 0.5) is 4.79 Å². The number of hydrogen-bond acceptors (Lipinski definition) is 4. The number of piperidine rings is 1. The molecule has 1 aliphatic heterocycles. The first-order valence-corrected chi connectivity index (χ1v) is 10.9. The number of aliphatic imine (C=N–C) groups is 1. The van der Waals surface area contributed by atoms with E-state index in [4.69, 9.17) is 9.73 Å². The van der Waals surface area contributed by atoms with Crippen LogP contribution in [-0.4, -0.2) is 79.7 Å². The minimum atomic E-state index is -0.500. The zero-order valence-corrected chi connectivity index (χ0v) is 19.2. The summed E-state index contributed by atoms with van der Waals surface area (Å²) in [6.07, 6.45) is 3.16. The number of amides is 2. The maximum absolute atomic E-state index is 12.4. The van der Waals surface area contributed by atoms with Crippen molar-refractivity contribution in [3.63, 3.8) is 0 Å².